The van der Waals surface area contributed by atoms with Gasteiger partial charge >= 0.3 is 5.97 Å². The van der Waals surface area contributed by atoms with E-state index in [1.54, 1.807) is 0 Å². The molecule has 1 aliphatic rings. The van der Waals surface area contributed by atoms with E-state index in [1.165, 1.54) is 0 Å². The van der Waals surface area contributed by atoms with E-state index in [-0.39, 0.29) is 29.4 Å². The van der Waals surface area contributed by atoms with Gasteiger partial charge in [0.05, 0.1) is 6.61 Å². The highest BCUT2D eigenvalue weighted by Gasteiger charge is 2.54. The maximum atomic E-state index is 11.9. The SMILES string of the molecule is CC(C)C(C(C)C)(C(C)C)C(C(=O)O)C1NCCO1. The van der Waals surface area contributed by atoms with Crippen molar-refractivity contribution >= 4 is 5.97 Å². The van der Waals surface area contributed by atoms with Gasteiger partial charge in [-0.3, -0.25) is 10.1 Å². The topological polar surface area (TPSA) is 58.6 Å². The van der Waals surface area contributed by atoms with Crippen LogP contribution in [0.3, 0.4) is 0 Å². The number of hydrogen-bond acceptors (Lipinski definition) is 3. The second kappa shape index (κ2) is 6.23. The number of ether oxygens (including phenoxy) is 1. The third-order valence-electron chi connectivity index (χ3n) is 4.85. The van der Waals surface area contributed by atoms with Crippen LogP contribution < -0.4 is 5.32 Å². The van der Waals surface area contributed by atoms with Gasteiger partial charge in [-0.1, -0.05) is 41.5 Å². The highest BCUT2D eigenvalue weighted by Crippen LogP contribution is 2.50. The summed E-state index contributed by atoms with van der Waals surface area (Å²) in [6.07, 6.45) is -0.371. The summed E-state index contributed by atoms with van der Waals surface area (Å²) in [5.74, 6) is -0.440. The lowest BCUT2D eigenvalue weighted by atomic mass is 9.55. The lowest BCUT2D eigenvalue weighted by molar-refractivity contribution is -0.166. The van der Waals surface area contributed by atoms with Gasteiger partial charge in [0.1, 0.15) is 12.1 Å². The van der Waals surface area contributed by atoms with Crippen LogP contribution in [0.15, 0.2) is 0 Å². The first-order valence-electron chi connectivity index (χ1n) is 7.34. The first-order valence-corrected chi connectivity index (χ1v) is 7.34. The Morgan fingerprint density at radius 1 is 1.16 bits per heavy atom. The first-order chi connectivity index (χ1) is 8.76. The number of aliphatic carboxylic acids is 1. The van der Waals surface area contributed by atoms with E-state index in [0.29, 0.717) is 6.61 Å². The Balaban J connectivity index is 3.28. The molecule has 4 nitrogen and oxygen atoms in total. The fourth-order valence-corrected chi connectivity index (χ4v) is 4.34. The summed E-state index contributed by atoms with van der Waals surface area (Å²) in [5.41, 5.74) is -0.284. The molecule has 1 aliphatic heterocycles. The molecule has 1 heterocycles. The molecule has 2 N–H and O–H groups in total. The van der Waals surface area contributed by atoms with Crippen molar-refractivity contribution in [2.24, 2.45) is 29.1 Å². The predicted octanol–water partition coefficient (Wildman–Crippen LogP) is 2.59. The lowest BCUT2D eigenvalue weighted by Gasteiger charge is -2.50. The van der Waals surface area contributed by atoms with E-state index >= 15 is 0 Å². The smallest absolute Gasteiger partial charge is 0.311 e. The van der Waals surface area contributed by atoms with Crippen LogP contribution in [-0.2, 0) is 9.53 Å². The monoisotopic (exact) mass is 271 g/mol. The van der Waals surface area contributed by atoms with Crippen LogP contribution in [-0.4, -0.2) is 30.5 Å². The quantitative estimate of drug-likeness (QED) is 0.779. The molecule has 0 bridgehead atoms. The van der Waals surface area contributed by atoms with Gasteiger partial charge in [0.2, 0.25) is 0 Å². The average Bonchev–Trinajstić information content (AvgIpc) is 2.75. The first kappa shape index (κ1) is 16.4. The molecule has 1 fully saturated rings. The minimum Gasteiger partial charge on any atom is -0.481 e. The van der Waals surface area contributed by atoms with Gasteiger partial charge in [0.25, 0.3) is 0 Å². The van der Waals surface area contributed by atoms with Crippen molar-refractivity contribution in [2.45, 2.75) is 47.8 Å². The maximum Gasteiger partial charge on any atom is 0.311 e. The van der Waals surface area contributed by atoms with Gasteiger partial charge in [-0.25, -0.2) is 0 Å². The number of carboxylic acid groups (broad SMARTS) is 1. The second-order valence-corrected chi connectivity index (χ2v) is 6.53. The van der Waals surface area contributed by atoms with Crippen LogP contribution in [0.2, 0.25) is 0 Å². The third kappa shape index (κ3) is 2.79. The highest BCUT2D eigenvalue weighted by atomic mass is 16.5. The fraction of sp³-hybridized carbons (Fsp3) is 0.933. The van der Waals surface area contributed by atoms with E-state index < -0.39 is 11.9 Å². The van der Waals surface area contributed by atoms with Crippen LogP contribution in [0.4, 0.5) is 0 Å². The van der Waals surface area contributed by atoms with E-state index in [9.17, 15) is 9.90 Å². The zero-order valence-corrected chi connectivity index (χ0v) is 13.1. The third-order valence-corrected chi connectivity index (χ3v) is 4.85. The molecule has 2 unspecified atom stereocenters. The number of carboxylic acids is 1. The largest absolute Gasteiger partial charge is 0.481 e. The Morgan fingerprint density at radius 2 is 1.63 bits per heavy atom. The molecule has 0 aliphatic carbocycles. The molecular formula is C15H29NO3. The summed E-state index contributed by atoms with van der Waals surface area (Å²) >= 11 is 0. The molecule has 1 rings (SSSR count). The lowest BCUT2D eigenvalue weighted by Crippen LogP contribution is -2.55. The van der Waals surface area contributed by atoms with Crippen LogP contribution in [0.25, 0.3) is 0 Å². The molecule has 0 saturated carbocycles. The molecule has 1 saturated heterocycles. The molecule has 2 atom stereocenters. The molecule has 0 aromatic carbocycles. The Hall–Kier alpha value is -0.610. The van der Waals surface area contributed by atoms with E-state index in [0.717, 1.165) is 6.54 Å². The van der Waals surface area contributed by atoms with Crippen molar-refractivity contribution in [1.29, 1.82) is 0 Å². The Bertz CT molecular complexity index is 285. The average molecular weight is 271 g/mol. The van der Waals surface area contributed by atoms with Crippen molar-refractivity contribution in [3.8, 4) is 0 Å². The molecule has 0 amide bonds. The Labute approximate surface area is 116 Å². The summed E-state index contributed by atoms with van der Waals surface area (Å²) in [4.78, 5) is 11.9. The number of hydrogen-bond donors (Lipinski definition) is 2. The van der Waals surface area contributed by atoms with Gasteiger partial charge < -0.3 is 9.84 Å². The normalized spacial score (nSPS) is 22.5. The van der Waals surface area contributed by atoms with Crippen molar-refractivity contribution in [2.75, 3.05) is 13.2 Å². The summed E-state index contributed by atoms with van der Waals surface area (Å²) < 4.78 is 5.64. The van der Waals surface area contributed by atoms with Crippen molar-refractivity contribution in [3.05, 3.63) is 0 Å². The van der Waals surface area contributed by atoms with Crippen LogP contribution >= 0.6 is 0 Å². The summed E-state index contributed by atoms with van der Waals surface area (Å²) in [6, 6.07) is 0. The van der Waals surface area contributed by atoms with Gasteiger partial charge in [-0.2, -0.15) is 0 Å². The Kier molecular flexibility index (Phi) is 5.39. The molecular weight excluding hydrogens is 242 g/mol. The zero-order chi connectivity index (χ0) is 14.8. The molecule has 4 heteroatoms. The number of carbonyl (C=O) groups is 1. The van der Waals surface area contributed by atoms with Gasteiger partial charge in [0.15, 0.2) is 0 Å². The van der Waals surface area contributed by atoms with Gasteiger partial charge in [-0.05, 0) is 23.2 Å². The van der Waals surface area contributed by atoms with E-state index in [4.69, 9.17) is 4.74 Å². The second-order valence-electron chi connectivity index (χ2n) is 6.53. The molecule has 0 aromatic heterocycles. The van der Waals surface area contributed by atoms with Crippen LogP contribution in [0.1, 0.15) is 41.5 Å². The van der Waals surface area contributed by atoms with Crippen molar-refractivity contribution in [1.82, 2.24) is 5.32 Å². The summed E-state index contributed by atoms with van der Waals surface area (Å²) in [5, 5.41) is 13.0. The van der Waals surface area contributed by atoms with Gasteiger partial charge in [0, 0.05) is 6.54 Å². The Morgan fingerprint density at radius 3 is 1.89 bits per heavy atom. The molecule has 0 spiro atoms. The molecule has 0 radical (unpaired) electrons. The van der Waals surface area contributed by atoms with E-state index in [2.05, 4.69) is 46.9 Å². The number of nitrogens with one attached hydrogen (secondary N) is 1. The minimum atomic E-state index is -0.754. The minimum absolute atomic E-state index is 0.277. The highest BCUT2D eigenvalue weighted by molar-refractivity contribution is 5.72. The zero-order valence-electron chi connectivity index (χ0n) is 13.1. The van der Waals surface area contributed by atoms with Crippen molar-refractivity contribution < 1.29 is 14.6 Å². The molecule has 19 heavy (non-hydrogen) atoms. The van der Waals surface area contributed by atoms with E-state index in [1.807, 2.05) is 0 Å². The standard InChI is InChI=1S/C15H29NO3/c1-9(2)15(10(3)4,11(5)6)12(14(17)18)13-16-7-8-19-13/h9-13,16H,7-8H2,1-6H3,(H,17,18). The number of rotatable bonds is 6. The summed E-state index contributed by atoms with van der Waals surface area (Å²) in [6.45, 7) is 14.1. The summed E-state index contributed by atoms with van der Waals surface area (Å²) in [7, 11) is 0. The molecule has 0 aromatic rings. The van der Waals surface area contributed by atoms with Crippen LogP contribution in [0, 0.1) is 29.1 Å². The fourth-order valence-electron chi connectivity index (χ4n) is 4.34. The molecule has 112 valence electrons. The predicted molar refractivity (Wildman–Crippen MR) is 75.8 cm³/mol. The van der Waals surface area contributed by atoms with Crippen LogP contribution in [0.5, 0.6) is 0 Å². The van der Waals surface area contributed by atoms with Crippen molar-refractivity contribution in [3.63, 3.8) is 0 Å². The van der Waals surface area contributed by atoms with Gasteiger partial charge in [-0.15, -0.1) is 0 Å². The maximum absolute atomic E-state index is 11.9.